The summed E-state index contributed by atoms with van der Waals surface area (Å²) in [6.45, 7) is 5.74. The first-order chi connectivity index (χ1) is 7.60. The van der Waals surface area contributed by atoms with E-state index in [1.165, 1.54) is 6.20 Å². The number of hydrogen-bond acceptors (Lipinski definition) is 5. The molecule has 0 spiro atoms. The van der Waals surface area contributed by atoms with Crippen molar-refractivity contribution in [2.75, 3.05) is 23.7 Å². The van der Waals surface area contributed by atoms with Gasteiger partial charge in [-0.15, -0.1) is 0 Å². The molecule has 0 saturated heterocycles. The van der Waals surface area contributed by atoms with Gasteiger partial charge in [0.1, 0.15) is 17.7 Å². The maximum atomic E-state index is 10.6. The molecule has 0 aliphatic carbocycles. The molecule has 6 heteroatoms. The van der Waals surface area contributed by atoms with Gasteiger partial charge in [0.2, 0.25) is 0 Å². The van der Waals surface area contributed by atoms with Crippen molar-refractivity contribution < 1.29 is 4.92 Å². The zero-order chi connectivity index (χ0) is 12.1. The highest BCUT2D eigenvalue weighted by atomic mass is 16.6. The summed E-state index contributed by atoms with van der Waals surface area (Å²) in [6.07, 6.45) is 2.20. The van der Waals surface area contributed by atoms with Crippen LogP contribution < -0.4 is 10.6 Å². The number of nitrogens with zero attached hydrogens (tertiary/aromatic N) is 3. The van der Waals surface area contributed by atoms with Crippen molar-refractivity contribution in [2.24, 2.45) is 0 Å². The van der Waals surface area contributed by atoms with Crippen LogP contribution in [0.1, 0.15) is 20.3 Å². The molecule has 2 N–H and O–H groups in total. The molecule has 0 aromatic carbocycles. The van der Waals surface area contributed by atoms with Crippen molar-refractivity contribution in [1.29, 1.82) is 0 Å². The van der Waals surface area contributed by atoms with Crippen LogP contribution in [0.4, 0.5) is 17.2 Å². The van der Waals surface area contributed by atoms with Gasteiger partial charge in [-0.05, 0) is 13.3 Å². The molecule has 1 aromatic heterocycles. The van der Waals surface area contributed by atoms with E-state index >= 15 is 0 Å². The number of pyridine rings is 1. The third kappa shape index (κ3) is 2.59. The number of hydrogen-bond donors (Lipinski definition) is 1. The van der Waals surface area contributed by atoms with E-state index in [-0.39, 0.29) is 11.4 Å². The lowest BCUT2D eigenvalue weighted by Crippen LogP contribution is -2.24. The number of anilines is 2. The predicted molar refractivity (Wildman–Crippen MR) is 63.5 cm³/mol. The maximum Gasteiger partial charge on any atom is 0.310 e. The first kappa shape index (κ1) is 12.2. The zero-order valence-corrected chi connectivity index (χ0v) is 9.51. The summed E-state index contributed by atoms with van der Waals surface area (Å²) in [4.78, 5) is 16.1. The second-order valence-electron chi connectivity index (χ2n) is 3.44. The molecule has 0 saturated carbocycles. The fraction of sp³-hybridized carbons (Fsp3) is 0.500. The van der Waals surface area contributed by atoms with E-state index in [0.29, 0.717) is 5.82 Å². The van der Waals surface area contributed by atoms with E-state index in [1.807, 2.05) is 11.8 Å². The minimum atomic E-state index is -0.526. The molecule has 0 unspecified atom stereocenters. The second-order valence-corrected chi connectivity index (χ2v) is 3.44. The molecular formula is C10H16N4O2. The Morgan fingerprint density at radius 1 is 1.56 bits per heavy atom. The number of nitrogen functional groups attached to an aromatic ring is 1. The Bertz CT molecular complexity index is 381. The molecule has 0 radical (unpaired) electrons. The van der Waals surface area contributed by atoms with Crippen LogP contribution in [0.2, 0.25) is 0 Å². The topological polar surface area (TPSA) is 85.3 Å². The van der Waals surface area contributed by atoms with Crippen molar-refractivity contribution in [3.05, 3.63) is 22.4 Å². The summed E-state index contributed by atoms with van der Waals surface area (Å²) in [7, 11) is 0. The zero-order valence-electron chi connectivity index (χ0n) is 9.51. The lowest BCUT2D eigenvalue weighted by Gasteiger charge is -2.21. The van der Waals surface area contributed by atoms with Gasteiger partial charge in [0.05, 0.1) is 4.92 Å². The fourth-order valence-electron chi connectivity index (χ4n) is 1.48. The van der Waals surface area contributed by atoms with Crippen LogP contribution in [-0.2, 0) is 0 Å². The molecule has 0 atom stereocenters. The quantitative estimate of drug-likeness (QED) is 0.609. The molecule has 1 heterocycles. The van der Waals surface area contributed by atoms with E-state index in [2.05, 4.69) is 11.9 Å². The molecular weight excluding hydrogens is 208 g/mol. The van der Waals surface area contributed by atoms with Gasteiger partial charge in [-0.25, -0.2) is 4.98 Å². The number of rotatable bonds is 5. The average Bonchev–Trinajstić information content (AvgIpc) is 2.25. The van der Waals surface area contributed by atoms with Crippen LogP contribution in [0.25, 0.3) is 0 Å². The van der Waals surface area contributed by atoms with Crippen LogP contribution >= 0.6 is 0 Å². The van der Waals surface area contributed by atoms with Crippen LogP contribution in [0.15, 0.2) is 12.3 Å². The molecule has 0 aliphatic rings. The first-order valence-corrected chi connectivity index (χ1v) is 5.25. The Labute approximate surface area is 94.2 Å². The minimum absolute atomic E-state index is 0.142. The molecule has 0 fully saturated rings. The van der Waals surface area contributed by atoms with Gasteiger partial charge in [0.25, 0.3) is 0 Å². The summed E-state index contributed by atoms with van der Waals surface area (Å²) in [5, 5.41) is 10.6. The average molecular weight is 224 g/mol. The molecule has 0 amide bonds. The van der Waals surface area contributed by atoms with E-state index in [1.54, 1.807) is 6.07 Å². The SMILES string of the molecule is CCCN(CC)c1cc(N)c([N+](=O)[O-])cn1. The lowest BCUT2D eigenvalue weighted by molar-refractivity contribution is -0.384. The Hall–Kier alpha value is -1.85. The standard InChI is InChI=1S/C10H16N4O2/c1-3-5-13(4-2)10-6-8(11)9(7-12-10)14(15)16/h6-7H,3-5H2,1-2H3,(H2,11,12). The van der Waals surface area contributed by atoms with Gasteiger partial charge in [-0.1, -0.05) is 6.92 Å². The molecule has 0 bridgehead atoms. The van der Waals surface area contributed by atoms with Crippen LogP contribution in [-0.4, -0.2) is 23.0 Å². The van der Waals surface area contributed by atoms with Gasteiger partial charge in [0, 0.05) is 19.2 Å². The van der Waals surface area contributed by atoms with E-state index < -0.39 is 4.92 Å². The summed E-state index contributed by atoms with van der Waals surface area (Å²) in [5.74, 6) is 0.687. The molecule has 1 rings (SSSR count). The van der Waals surface area contributed by atoms with Gasteiger partial charge in [-0.3, -0.25) is 10.1 Å². The minimum Gasteiger partial charge on any atom is -0.393 e. The third-order valence-corrected chi connectivity index (χ3v) is 2.30. The van der Waals surface area contributed by atoms with Gasteiger partial charge in [-0.2, -0.15) is 0 Å². The van der Waals surface area contributed by atoms with E-state index in [0.717, 1.165) is 19.5 Å². The molecule has 6 nitrogen and oxygen atoms in total. The second kappa shape index (κ2) is 5.29. The Balaban J connectivity index is 2.99. The predicted octanol–water partition coefficient (Wildman–Crippen LogP) is 1.81. The largest absolute Gasteiger partial charge is 0.393 e. The van der Waals surface area contributed by atoms with Crippen LogP contribution in [0.3, 0.4) is 0 Å². The van der Waals surface area contributed by atoms with Crippen molar-refractivity contribution in [1.82, 2.24) is 4.98 Å². The van der Waals surface area contributed by atoms with Gasteiger partial charge >= 0.3 is 5.69 Å². The highest BCUT2D eigenvalue weighted by Gasteiger charge is 2.14. The fourth-order valence-corrected chi connectivity index (χ4v) is 1.48. The Morgan fingerprint density at radius 3 is 2.69 bits per heavy atom. The van der Waals surface area contributed by atoms with Gasteiger partial charge in [0.15, 0.2) is 0 Å². The number of nitrogens with two attached hydrogens (primary N) is 1. The normalized spacial score (nSPS) is 10.1. The van der Waals surface area contributed by atoms with Gasteiger partial charge < -0.3 is 10.6 Å². The van der Waals surface area contributed by atoms with Crippen molar-refractivity contribution in [3.63, 3.8) is 0 Å². The van der Waals surface area contributed by atoms with Crippen LogP contribution in [0.5, 0.6) is 0 Å². The highest BCUT2D eigenvalue weighted by Crippen LogP contribution is 2.24. The smallest absolute Gasteiger partial charge is 0.310 e. The first-order valence-electron chi connectivity index (χ1n) is 5.25. The number of nitro groups is 1. The lowest BCUT2D eigenvalue weighted by atomic mass is 10.3. The molecule has 0 aliphatic heterocycles. The van der Waals surface area contributed by atoms with E-state index in [9.17, 15) is 10.1 Å². The van der Waals surface area contributed by atoms with E-state index in [4.69, 9.17) is 5.73 Å². The van der Waals surface area contributed by atoms with Crippen molar-refractivity contribution in [3.8, 4) is 0 Å². The monoisotopic (exact) mass is 224 g/mol. The van der Waals surface area contributed by atoms with Crippen molar-refractivity contribution in [2.45, 2.75) is 20.3 Å². The third-order valence-electron chi connectivity index (χ3n) is 2.30. The molecule has 16 heavy (non-hydrogen) atoms. The Morgan fingerprint density at radius 2 is 2.25 bits per heavy atom. The van der Waals surface area contributed by atoms with Crippen LogP contribution in [0, 0.1) is 10.1 Å². The Kier molecular flexibility index (Phi) is 4.04. The van der Waals surface area contributed by atoms with Crippen molar-refractivity contribution >= 4 is 17.2 Å². The summed E-state index contributed by atoms with van der Waals surface area (Å²) < 4.78 is 0. The molecule has 1 aromatic rings. The highest BCUT2D eigenvalue weighted by molar-refractivity contribution is 5.62. The summed E-state index contributed by atoms with van der Waals surface area (Å²) in [6, 6.07) is 1.55. The summed E-state index contributed by atoms with van der Waals surface area (Å²) in [5.41, 5.74) is 5.62. The number of aromatic nitrogens is 1. The molecule has 88 valence electrons. The summed E-state index contributed by atoms with van der Waals surface area (Å²) >= 11 is 0. The maximum absolute atomic E-state index is 10.6.